The highest BCUT2D eigenvalue weighted by Gasteiger charge is 2.22. The van der Waals surface area contributed by atoms with E-state index >= 15 is 0 Å². The second-order valence-electron chi connectivity index (χ2n) is 7.29. The number of nitrogens with one attached hydrogen (secondary N) is 1. The predicted octanol–water partition coefficient (Wildman–Crippen LogP) is 4.47. The molecule has 29 heavy (non-hydrogen) atoms. The molecule has 0 saturated carbocycles. The van der Waals surface area contributed by atoms with Gasteiger partial charge in [0.2, 0.25) is 0 Å². The zero-order valence-electron chi connectivity index (χ0n) is 16.5. The van der Waals surface area contributed by atoms with Crippen LogP contribution < -0.4 is 15.0 Å². The fourth-order valence-electron chi connectivity index (χ4n) is 3.73. The standard InChI is InChI=1S/C23H25N3O2S/c1-28-21-6-2-5-20(14-21)18-7-9-19(10-8-18)22(27)25-15-17-4-3-12-26(16-17)23-24-11-13-29-23/h2,5-11,13-14,17H,3-4,12,15-16H2,1H3,(H,25,27). The molecular weight excluding hydrogens is 382 g/mol. The van der Waals surface area contributed by atoms with Crippen LogP contribution in [0.15, 0.2) is 60.1 Å². The SMILES string of the molecule is COc1cccc(-c2ccc(C(=O)NCC3CCCN(c4nccs4)C3)cc2)c1. The first-order valence-electron chi connectivity index (χ1n) is 9.90. The Morgan fingerprint density at radius 3 is 2.86 bits per heavy atom. The van der Waals surface area contributed by atoms with Gasteiger partial charge in [0.1, 0.15) is 5.75 Å². The lowest BCUT2D eigenvalue weighted by molar-refractivity contribution is 0.0945. The molecule has 1 saturated heterocycles. The third-order valence-corrected chi connectivity index (χ3v) is 6.14. The number of piperidine rings is 1. The Bertz CT molecular complexity index is 941. The van der Waals surface area contributed by atoms with Crippen molar-refractivity contribution in [2.45, 2.75) is 12.8 Å². The van der Waals surface area contributed by atoms with Crippen LogP contribution in [0.3, 0.4) is 0 Å². The van der Waals surface area contributed by atoms with Gasteiger partial charge in [0.15, 0.2) is 5.13 Å². The number of carbonyl (C=O) groups is 1. The summed E-state index contributed by atoms with van der Waals surface area (Å²) in [5.41, 5.74) is 2.82. The summed E-state index contributed by atoms with van der Waals surface area (Å²) in [5, 5.41) is 6.20. The van der Waals surface area contributed by atoms with Crippen LogP contribution >= 0.6 is 11.3 Å². The number of thiazole rings is 1. The molecule has 1 amide bonds. The van der Waals surface area contributed by atoms with Crippen LogP contribution in [-0.4, -0.2) is 37.6 Å². The van der Waals surface area contributed by atoms with Crippen LogP contribution in [0, 0.1) is 5.92 Å². The summed E-state index contributed by atoms with van der Waals surface area (Å²) < 4.78 is 5.29. The van der Waals surface area contributed by atoms with Crippen LogP contribution in [0.4, 0.5) is 5.13 Å². The van der Waals surface area contributed by atoms with E-state index in [4.69, 9.17) is 4.74 Å². The van der Waals surface area contributed by atoms with Crippen molar-refractivity contribution in [2.75, 3.05) is 31.6 Å². The van der Waals surface area contributed by atoms with E-state index in [0.717, 1.165) is 47.9 Å². The van der Waals surface area contributed by atoms with Crippen LogP contribution in [0.2, 0.25) is 0 Å². The van der Waals surface area contributed by atoms with Crippen molar-refractivity contribution >= 4 is 22.4 Å². The molecule has 1 N–H and O–H groups in total. The Morgan fingerprint density at radius 2 is 2.10 bits per heavy atom. The van der Waals surface area contributed by atoms with Gasteiger partial charge in [-0.05, 0) is 54.2 Å². The Kier molecular flexibility index (Phi) is 6.10. The normalized spacial score (nSPS) is 16.4. The van der Waals surface area contributed by atoms with E-state index in [2.05, 4.69) is 15.2 Å². The quantitative estimate of drug-likeness (QED) is 0.655. The maximum Gasteiger partial charge on any atom is 0.251 e. The number of nitrogens with zero attached hydrogens (tertiary/aromatic N) is 2. The van der Waals surface area contributed by atoms with Crippen LogP contribution in [0.1, 0.15) is 23.2 Å². The highest BCUT2D eigenvalue weighted by molar-refractivity contribution is 7.13. The van der Waals surface area contributed by atoms with Gasteiger partial charge in [0, 0.05) is 36.8 Å². The first kappa shape index (κ1) is 19.5. The molecule has 3 aromatic rings. The Labute approximate surface area is 175 Å². The van der Waals surface area contributed by atoms with Crippen molar-refractivity contribution < 1.29 is 9.53 Å². The maximum absolute atomic E-state index is 12.6. The Hall–Kier alpha value is -2.86. The number of anilines is 1. The molecule has 1 unspecified atom stereocenters. The lowest BCUT2D eigenvalue weighted by atomic mass is 9.98. The number of hydrogen-bond donors (Lipinski definition) is 1. The number of benzene rings is 2. The molecule has 1 aliphatic heterocycles. The molecule has 0 aliphatic carbocycles. The van der Waals surface area contributed by atoms with E-state index in [9.17, 15) is 4.79 Å². The highest BCUT2D eigenvalue weighted by atomic mass is 32.1. The number of hydrogen-bond acceptors (Lipinski definition) is 5. The summed E-state index contributed by atoms with van der Waals surface area (Å²) in [7, 11) is 1.66. The Morgan fingerprint density at radius 1 is 1.24 bits per heavy atom. The number of aromatic nitrogens is 1. The molecule has 2 heterocycles. The molecule has 0 radical (unpaired) electrons. The van der Waals surface area contributed by atoms with Crippen LogP contribution in [-0.2, 0) is 0 Å². The number of carbonyl (C=O) groups excluding carboxylic acids is 1. The second kappa shape index (κ2) is 9.09. The third-order valence-electron chi connectivity index (χ3n) is 5.31. The van der Waals surface area contributed by atoms with E-state index in [1.54, 1.807) is 18.4 Å². The first-order valence-corrected chi connectivity index (χ1v) is 10.8. The van der Waals surface area contributed by atoms with Gasteiger partial charge in [-0.25, -0.2) is 4.98 Å². The molecule has 6 heteroatoms. The van der Waals surface area contributed by atoms with Crippen molar-refractivity contribution in [1.29, 1.82) is 0 Å². The topological polar surface area (TPSA) is 54.5 Å². The summed E-state index contributed by atoms with van der Waals surface area (Å²) in [6.07, 6.45) is 4.12. The lowest BCUT2D eigenvalue weighted by Gasteiger charge is -2.32. The number of methoxy groups -OCH3 is 1. The van der Waals surface area contributed by atoms with Gasteiger partial charge in [-0.1, -0.05) is 24.3 Å². The number of amides is 1. The van der Waals surface area contributed by atoms with E-state index in [-0.39, 0.29) is 5.91 Å². The first-order chi connectivity index (χ1) is 14.2. The molecule has 1 aliphatic rings. The highest BCUT2D eigenvalue weighted by Crippen LogP contribution is 2.25. The summed E-state index contributed by atoms with van der Waals surface area (Å²) in [6, 6.07) is 15.6. The molecule has 1 atom stereocenters. The molecule has 1 fully saturated rings. The maximum atomic E-state index is 12.6. The summed E-state index contributed by atoms with van der Waals surface area (Å²) >= 11 is 1.67. The van der Waals surface area contributed by atoms with Gasteiger partial charge in [-0.15, -0.1) is 11.3 Å². The van der Waals surface area contributed by atoms with E-state index < -0.39 is 0 Å². The minimum Gasteiger partial charge on any atom is -0.497 e. The van der Waals surface area contributed by atoms with E-state index in [0.29, 0.717) is 18.0 Å². The second-order valence-corrected chi connectivity index (χ2v) is 8.16. The molecule has 150 valence electrons. The van der Waals surface area contributed by atoms with Crippen molar-refractivity contribution in [3.8, 4) is 16.9 Å². The fourth-order valence-corrected chi connectivity index (χ4v) is 4.41. The lowest BCUT2D eigenvalue weighted by Crippen LogP contribution is -2.41. The Balaban J connectivity index is 1.34. The van der Waals surface area contributed by atoms with E-state index in [1.807, 2.05) is 60.1 Å². The van der Waals surface area contributed by atoms with Gasteiger partial charge < -0.3 is 15.0 Å². The fraction of sp³-hybridized carbons (Fsp3) is 0.304. The van der Waals surface area contributed by atoms with Crippen LogP contribution in [0.25, 0.3) is 11.1 Å². The summed E-state index contributed by atoms with van der Waals surface area (Å²) in [6.45, 7) is 2.69. The monoisotopic (exact) mass is 407 g/mol. The zero-order valence-corrected chi connectivity index (χ0v) is 17.3. The predicted molar refractivity (Wildman–Crippen MR) is 118 cm³/mol. The van der Waals surface area contributed by atoms with Crippen molar-refractivity contribution in [3.05, 3.63) is 65.7 Å². The molecule has 5 nitrogen and oxygen atoms in total. The van der Waals surface area contributed by atoms with Gasteiger partial charge >= 0.3 is 0 Å². The molecule has 1 aromatic heterocycles. The zero-order chi connectivity index (χ0) is 20.1. The van der Waals surface area contributed by atoms with Gasteiger partial charge in [0.25, 0.3) is 5.91 Å². The van der Waals surface area contributed by atoms with E-state index in [1.165, 1.54) is 0 Å². The molecule has 2 aromatic carbocycles. The van der Waals surface area contributed by atoms with Gasteiger partial charge in [0.05, 0.1) is 7.11 Å². The van der Waals surface area contributed by atoms with Crippen molar-refractivity contribution in [1.82, 2.24) is 10.3 Å². The van der Waals surface area contributed by atoms with Crippen LogP contribution in [0.5, 0.6) is 5.75 Å². The van der Waals surface area contributed by atoms with Crippen molar-refractivity contribution in [3.63, 3.8) is 0 Å². The molecular formula is C23H25N3O2S. The largest absolute Gasteiger partial charge is 0.497 e. The average molecular weight is 408 g/mol. The third kappa shape index (κ3) is 4.77. The van der Waals surface area contributed by atoms with Gasteiger partial charge in [-0.2, -0.15) is 0 Å². The minimum atomic E-state index is -0.0198. The number of ether oxygens (including phenoxy) is 1. The average Bonchev–Trinajstić information content (AvgIpc) is 3.33. The van der Waals surface area contributed by atoms with Gasteiger partial charge in [-0.3, -0.25) is 4.79 Å². The smallest absolute Gasteiger partial charge is 0.251 e. The summed E-state index contributed by atoms with van der Waals surface area (Å²) in [4.78, 5) is 19.3. The minimum absolute atomic E-state index is 0.0198. The van der Waals surface area contributed by atoms with Crippen molar-refractivity contribution in [2.24, 2.45) is 5.92 Å². The number of rotatable bonds is 6. The molecule has 0 bridgehead atoms. The molecule has 4 rings (SSSR count). The summed E-state index contributed by atoms with van der Waals surface area (Å²) in [5.74, 6) is 1.25. The molecule has 0 spiro atoms.